The minimum atomic E-state index is -2.11. The van der Waals surface area contributed by atoms with Crippen LogP contribution >= 0.6 is 23.2 Å². The first kappa shape index (κ1) is 33.8. The number of phenolic OH excluding ortho intramolecular Hbond substituents is 1. The summed E-state index contributed by atoms with van der Waals surface area (Å²) in [6.07, 6.45) is 3.45. The zero-order valence-electron chi connectivity index (χ0n) is 28.6. The number of imide groups is 2. The molecule has 2 aliphatic carbocycles. The average Bonchev–Trinajstić information content (AvgIpc) is 3.78. The number of oxazole rings is 1. The molecule has 0 bridgehead atoms. The highest BCUT2D eigenvalue weighted by Gasteiger charge is 2.77. The summed E-state index contributed by atoms with van der Waals surface area (Å²) in [4.78, 5) is 60.4. The number of allylic oxidation sites excluding steroid dienone is 3. The number of phenols is 1. The smallest absolute Gasteiger partial charge is 0.258 e. The molecule has 274 valence electrons. The molecule has 4 amide bonds. The molecule has 5 aromatic rings. The lowest BCUT2D eigenvalue weighted by Gasteiger charge is -2.51. The van der Waals surface area contributed by atoms with E-state index in [1.54, 1.807) is 36.4 Å². The van der Waals surface area contributed by atoms with E-state index in [0.717, 1.165) is 17.0 Å². The van der Waals surface area contributed by atoms with Gasteiger partial charge in [0, 0.05) is 23.5 Å². The highest BCUT2D eigenvalue weighted by Crippen LogP contribution is 2.65. The summed E-state index contributed by atoms with van der Waals surface area (Å²) < 4.78 is 25.9. The van der Waals surface area contributed by atoms with Gasteiger partial charge in [-0.05, 0) is 103 Å². The number of alkyl halides is 2. The summed E-state index contributed by atoms with van der Waals surface area (Å²) in [7, 11) is 0. The number of hydrogen-bond donors (Lipinski definition) is 1. The van der Waals surface area contributed by atoms with Crippen molar-refractivity contribution in [2.75, 3.05) is 9.80 Å². The molecule has 0 radical (unpaired) electrons. The Bertz CT molecular complexity index is 2550. The third kappa shape index (κ3) is 4.69. The molecule has 0 spiro atoms. The normalized spacial score (nSPS) is 28.3. The first-order valence-electron chi connectivity index (χ1n) is 17.7. The van der Waals surface area contributed by atoms with Crippen molar-refractivity contribution >= 4 is 69.3 Å². The summed E-state index contributed by atoms with van der Waals surface area (Å²) in [6.45, 7) is 0. The highest BCUT2D eigenvalue weighted by molar-refractivity contribution is 6.58. The second-order valence-electron chi connectivity index (χ2n) is 14.6. The third-order valence-electron chi connectivity index (χ3n) is 11.7. The number of aromatic hydroxyl groups is 1. The molecule has 6 atom stereocenters. The Morgan fingerprint density at radius 1 is 0.836 bits per heavy atom. The van der Waals surface area contributed by atoms with E-state index in [1.165, 1.54) is 29.4 Å². The van der Waals surface area contributed by atoms with Crippen LogP contribution in [-0.2, 0) is 25.6 Å². The molecule has 3 fully saturated rings. The number of benzene rings is 4. The van der Waals surface area contributed by atoms with Gasteiger partial charge in [-0.2, -0.15) is 0 Å². The predicted molar refractivity (Wildman–Crippen MR) is 200 cm³/mol. The lowest BCUT2D eigenvalue weighted by molar-refractivity contribution is -0.125. The summed E-state index contributed by atoms with van der Waals surface area (Å²) in [5.74, 6) is -5.67. The van der Waals surface area contributed by atoms with E-state index < -0.39 is 62.9 Å². The second kappa shape index (κ2) is 11.9. The van der Waals surface area contributed by atoms with Crippen molar-refractivity contribution in [1.29, 1.82) is 0 Å². The van der Waals surface area contributed by atoms with Crippen molar-refractivity contribution in [2.24, 2.45) is 23.7 Å². The maximum atomic E-state index is 14.7. The van der Waals surface area contributed by atoms with Crippen molar-refractivity contribution in [3.05, 3.63) is 126 Å². The van der Waals surface area contributed by atoms with Gasteiger partial charge in [0.2, 0.25) is 17.7 Å². The molecule has 0 unspecified atom stereocenters. The lowest BCUT2D eigenvalue weighted by Crippen LogP contribution is -2.61. The lowest BCUT2D eigenvalue weighted by atomic mass is 9.56. The van der Waals surface area contributed by atoms with Crippen LogP contribution in [0.25, 0.3) is 22.6 Å². The van der Waals surface area contributed by atoms with Crippen LogP contribution < -0.4 is 14.5 Å². The standard InChI is InChI=1S/C42H28Cl2FN3O7/c43-41-19-30-28(14-15-29-34(30)38(51)47(37(29)50)25-9-5-21(6-10-25)36-46-31-3-1-2-4-33(31)55-36)35(23-17-22-18-27(49)13-16-32(22)54-20-23)42(41,44)40(53)48(39(41)52)26-11-7-24(45)8-12-26/h1-14,16,18,20,29-30,34-35,49H,15,17,19H2/t29-,30+,34-,35-,41+,42-/m0/s1. The number of rotatable bonds is 4. The van der Waals surface area contributed by atoms with Gasteiger partial charge >= 0.3 is 0 Å². The van der Waals surface area contributed by atoms with Gasteiger partial charge in [0.15, 0.2) is 15.3 Å². The van der Waals surface area contributed by atoms with Gasteiger partial charge in [0.25, 0.3) is 11.8 Å². The molecule has 3 aliphatic heterocycles. The molecule has 55 heavy (non-hydrogen) atoms. The molecular weight excluding hydrogens is 748 g/mol. The van der Waals surface area contributed by atoms with E-state index in [9.17, 15) is 28.7 Å². The van der Waals surface area contributed by atoms with E-state index in [0.29, 0.717) is 50.7 Å². The van der Waals surface area contributed by atoms with Crippen LogP contribution in [-0.4, -0.2) is 43.5 Å². The van der Waals surface area contributed by atoms with Crippen LogP contribution in [0, 0.1) is 29.5 Å². The van der Waals surface area contributed by atoms with E-state index in [4.69, 9.17) is 32.4 Å². The average molecular weight is 777 g/mol. The maximum absolute atomic E-state index is 14.7. The highest BCUT2D eigenvalue weighted by atomic mass is 35.5. The molecule has 2 saturated heterocycles. The molecule has 10 nitrogen and oxygen atoms in total. The van der Waals surface area contributed by atoms with Crippen molar-refractivity contribution in [3.63, 3.8) is 0 Å². The van der Waals surface area contributed by atoms with Crippen LogP contribution in [0.4, 0.5) is 15.8 Å². The largest absolute Gasteiger partial charge is 0.508 e. The Kier molecular flexibility index (Phi) is 7.28. The molecular formula is C42H28Cl2FN3O7. The molecule has 13 heteroatoms. The number of ether oxygens (including phenoxy) is 1. The Labute approximate surface area is 322 Å². The third-order valence-corrected chi connectivity index (χ3v) is 13.1. The van der Waals surface area contributed by atoms with E-state index in [1.807, 2.05) is 30.3 Å². The van der Waals surface area contributed by atoms with Crippen molar-refractivity contribution in [2.45, 2.75) is 29.0 Å². The fourth-order valence-electron chi connectivity index (χ4n) is 9.21. The molecule has 5 aliphatic rings. The van der Waals surface area contributed by atoms with Crippen LogP contribution in [0.3, 0.4) is 0 Å². The molecule has 4 aromatic carbocycles. The van der Waals surface area contributed by atoms with Gasteiger partial charge in [-0.3, -0.25) is 24.1 Å². The van der Waals surface area contributed by atoms with Gasteiger partial charge in [-0.1, -0.05) is 23.8 Å². The zero-order chi connectivity index (χ0) is 38.0. The number of hydrogen-bond acceptors (Lipinski definition) is 8. The monoisotopic (exact) mass is 775 g/mol. The fraction of sp³-hybridized carbons (Fsp3) is 0.214. The van der Waals surface area contributed by atoms with Gasteiger partial charge in [-0.15, -0.1) is 23.2 Å². The first-order chi connectivity index (χ1) is 26.5. The van der Waals surface area contributed by atoms with E-state index in [-0.39, 0.29) is 30.7 Å². The Morgan fingerprint density at radius 3 is 2.33 bits per heavy atom. The fourth-order valence-corrected chi connectivity index (χ4v) is 10.2. The SMILES string of the molecule is O=C1[C@H]2[C@H](CC=C3[C@H](C4=COc5ccc(O)cc5C4)[C@]4(Cl)C(=O)N(c5ccc(F)cc5)C(=O)[C@]4(Cl)C[C@H]32)C(=O)N1c1ccc(-c2nc3ccccc3o2)cc1. The van der Waals surface area contributed by atoms with Crippen LogP contribution in [0.2, 0.25) is 0 Å². The quantitative estimate of drug-likeness (QED) is 0.113. The Morgan fingerprint density at radius 2 is 1.56 bits per heavy atom. The minimum Gasteiger partial charge on any atom is -0.508 e. The van der Waals surface area contributed by atoms with Crippen LogP contribution in [0.1, 0.15) is 18.4 Å². The number of anilines is 2. The van der Waals surface area contributed by atoms with Crippen LogP contribution in [0.15, 0.2) is 119 Å². The Hall–Kier alpha value is -5.78. The number of halogens is 3. The number of para-hydroxylation sites is 2. The molecule has 1 N–H and O–H groups in total. The molecule has 1 aromatic heterocycles. The number of fused-ring (bicyclic) bond motifs is 6. The number of carbonyl (C=O) groups is 4. The number of aromatic nitrogens is 1. The Balaban J connectivity index is 1.05. The number of carbonyl (C=O) groups excluding carboxylic acids is 4. The van der Waals surface area contributed by atoms with Crippen LogP contribution in [0.5, 0.6) is 11.5 Å². The van der Waals surface area contributed by atoms with Gasteiger partial charge in [-0.25, -0.2) is 14.3 Å². The topological polar surface area (TPSA) is 130 Å². The van der Waals surface area contributed by atoms with Gasteiger partial charge in [0.1, 0.15) is 22.8 Å². The van der Waals surface area contributed by atoms with Gasteiger partial charge in [0.05, 0.1) is 29.5 Å². The van der Waals surface area contributed by atoms with Crippen molar-refractivity contribution < 1.29 is 37.8 Å². The zero-order valence-corrected chi connectivity index (χ0v) is 30.1. The van der Waals surface area contributed by atoms with Gasteiger partial charge < -0.3 is 14.3 Å². The summed E-state index contributed by atoms with van der Waals surface area (Å²) in [5, 5.41) is 10.3. The summed E-state index contributed by atoms with van der Waals surface area (Å²) in [5.41, 5.74) is 4.14. The van der Waals surface area contributed by atoms with Crippen molar-refractivity contribution in [3.8, 4) is 23.0 Å². The summed E-state index contributed by atoms with van der Waals surface area (Å²) >= 11 is 15.0. The van der Waals surface area contributed by atoms with E-state index >= 15 is 0 Å². The maximum Gasteiger partial charge on any atom is 0.258 e. The second-order valence-corrected chi connectivity index (χ2v) is 15.8. The molecule has 1 saturated carbocycles. The van der Waals surface area contributed by atoms with Crippen molar-refractivity contribution in [1.82, 2.24) is 4.98 Å². The number of amides is 4. The minimum absolute atomic E-state index is 0.00349. The molecule has 4 heterocycles. The molecule has 10 rings (SSSR count). The van der Waals surface area contributed by atoms with E-state index in [2.05, 4.69) is 4.98 Å². The number of nitrogens with zero attached hydrogens (tertiary/aromatic N) is 3. The summed E-state index contributed by atoms with van der Waals surface area (Å²) in [6, 6.07) is 23.7. The first-order valence-corrected chi connectivity index (χ1v) is 18.5. The predicted octanol–water partition coefficient (Wildman–Crippen LogP) is 7.46.